The summed E-state index contributed by atoms with van der Waals surface area (Å²) < 4.78 is 22.0. The maximum atomic E-state index is 12.4. The van der Waals surface area contributed by atoms with Crippen molar-refractivity contribution in [3.63, 3.8) is 0 Å². The summed E-state index contributed by atoms with van der Waals surface area (Å²) in [6, 6.07) is 5.61. The van der Waals surface area contributed by atoms with Gasteiger partial charge in [-0.2, -0.15) is 5.26 Å². The fourth-order valence-electron chi connectivity index (χ4n) is 2.41. The molecule has 0 spiro atoms. The molecular weight excluding hydrogens is 426 g/mol. The number of benzene rings is 1. The van der Waals surface area contributed by atoms with E-state index < -0.39 is 11.9 Å². The number of nitriles is 1. The van der Waals surface area contributed by atoms with Crippen LogP contribution in [-0.4, -0.2) is 38.4 Å². The summed E-state index contributed by atoms with van der Waals surface area (Å²) in [6.07, 6.45) is 2.14. The van der Waals surface area contributed by atoms with Crippen LogP contribution < -0.4 is 9.47 Å². The molecule has 2 rings (SSSR count). The molecule has 0 radical (unpaired) electrons. The third kappa shape index (κ3) is 6.21. The summed E-state index contributed by atoms with van der Waals surface area (Å²) in [7, 11) is 0. The molecule has 30 heavy (non-hydrogen) atoms. The van der Waals surface area contributed by atoms with Crippen LogP contribution in [0.4, 0.5) is 0 Å². The van der Waals surface area contributed by atoms with Crippen molar-refractivity contribution in [1.82, 2.24) is 0 Å². The van der Waals surface area contributed by atoms with E-state index in [1.165, 1.54) is 23.5 Å². The van der Waals surface area contributed by atoms with E-state index in [0.29, 0.717) is 41.8 Å². The van der Waals surface area contributed by atoms with Crippen molar-refractivity contribution in [3.8, 4) is 17.6 Å². The van der Waals surface area contributed by atoms with Gasteiger partial charge in [0.05, 0.1) is 40.5 Å². The lowest BCUT2D eigenvalue weighted by Crippen LogP contribution is -2.10. The predicted molar refractivity (Wildman–Crippen MR) is 114 cm³/mol. The molecule has 1 heterocycles. The lowest BCUT2D eigenvalue weighted by Gasteiger charge is -2.11. The van der Waals surface area contributed by atoms with E-state index in [4.69, 9.17) is 18.9 Å². The third-order valence-corrected chi connectivity index (χ3v) is 6.36. The van der Waals surface area contributed by atoms with E-state index in [9.17, 15) is 14.9 Å². The monoisotopic (exact) mass is 449 g/mol. The van der Waals surface area contributed by atoms with Gasteiger partial charge in [0.25, 0.3) is 0 Å². The van der Waals surface area contributed by atoms with Gasteiger partial charge >= 0.3 is 11.9 Å². The smallest absolute Gasteiger partial charge is 0.350 e. The molecule has 1 aliphatic rings. The van der Waals surface area contributed by atoms with Crippen molar-refractivity contribution in [3.05, 3.63) is 34.6 Å². The Balaban J connectivity index is 2.04. The zero-order chi connectivity index (χ0) is 21.9. The van der Waals surface area contributed by atoms with Crippen molar-refractivity contribution in [2.45, 2.75) is 36.5 Å². The molecular formula is C21H23NO6S2. The van der Waals surface area contributed by atoms with E-state index in [0.717, 1.165) is 15.9 Å². The van der Waals surface area contributed by atoms with Crippen molar-refractivity contribution >= 4 is 35.5 Å². The minimum Gasteiger partial charge on any atom is -0.493 e. The Morgan fingerprint density at radius 1 is 1.03 bits per heavy atom. The van der Waals surface area contributed by atoms with E-state index >= 15 is 0 Å². The van der Waals surface area contributed by atoms with Gasteiger partial charge < -0.3 is 18.9 Å². The first-order valence-electron chi connectivity index (χ1n) is 9.44. The number of nitrogens with zero attached hydrogens (tertiary/aromatic N) is 1. The van der Waals surface area contributed by atoms with Crippen LogP contribution in [0.1, 0.15) is 26.7 Å². The number of rotatable bonds is 11. The molecule has 0 N–H and O–H groups in total. The summed E-state index contributed by atoms with van der Waals surface area (Å²) in [5, 5.41) is 9.55. The van der Waals surface area contributed by atoms with Gasteiger partial charge in [-0.25, -0.2) is 9.59 Å². The second-order valence-corrected chi connectivity index (χ2v) is 8.08. The molecule has 0 aliphatic carbocycles. The van der Waals surface area contributed by atoms with Crippen LogP contribution in [0.5, 0.6) is 11.5 Å². The normalized spacial score (nSPS) is 11.8. The van der Waals surface area contributed by atoms with E-state index in [1.807, 2.05) is 32.0 Å². The number of thioether (sulfide) groups is 2. The van der Waals surface area contributed by atoms with Gasteiger partial charge in [0.15, 0.2) is 5.57 Å². The average molecular weight is 450 g/mol. The fourth-order valence-corrected chi connectivity index (χ4v) is 5.01. The molecule has 0 bridgehead atoms. The molecule has 1 aromatic rings. The van der Waals surface area contributed by atoms with Crippen LogP contribution in [0, 0.1) is 11.3 Å². The lowest BCUT2D eigenvalue weighted by atomic mass is 10.3. The Hall–Kier alpha value is -2.57. The molecule has 0 saturated heterocycles. The number of carbonyl (C=O) groups excluding carboxylic acids is 2. The summed E-state index contributed by atoms with van der Waals surface area (Å²) >= 11 is 2.61. The van der Waals surface area contributed by atoms with Crippen molar-refractivity contribution in [1.29, 1.82) is 5.26 Å². The molecule has 0 fully saturated rings. The van der Waals surface area contributed by atoms with E-state index in [2.05, 4.69) is 6.58 Å². The third-order valence-electron chi connectivity index (χ3n) is 3.73. The van der Waals surface area contributed by atoms with Gasteiger partial charge in [0.2, 0.25) is 0 Å². The topological polar surface area (TPSA) is 94.9 Å². The minimum atomic E-state index is -0.681. The van der Waals surface area contributed by atoms with Gasteiger partial charge in [0, 0.05) is 6.08 Å². The highest BCUT2D eigenvalue weighted by Crippen LogP contribution is 2.58. The molecule has 1 aromatic carbocycles. The average Bonchev–Trinajstić information content (AvgIpc) is 3.18. The Labute approximate surface area is 184 Å². The van der Waals surface area contributed by atoms with Crippen molar-refractivity contribution in [2.75, 3.05) is 26.4 Å². The van der Waals surface area contributed by atoms with Crippen LogP contribution in [-0.2, 0) is 19.1 Å². The Morgan fingerprint density at radius 3 is 2.03 bits per heavy atom. The number of fused-ring (bicyclic) bond motifs is 1. The van der Waals surface area contributed by atoms with Gasteiger partial charge in [-0.3, -0.25) is 0 Å². The first-order chi connectivity index (χ1) is 14.5. The van der Waals surface area contributed by atoms with Gasteiger partial charge in [-0.05, 0) is 38.8 Å². The molecule has 7 nitrogen and oxygen atoms in total. The predicted octanol–water partition coefficient (Wildman–Crippen LogP) is 4.47. The van der Waals surface area contributed by atoms with Crippen molar-refractivity contribution < 1.29 is 28.5 Å². The second-order valence-electron chi connectivity index (χ2n) is 5.78. The van der Waals surface area contributed by atoms with Gasteiger partial charge in [-0.15, -0.1) is 0 Å². The molecule has 0 atom stereocenters. The molecule has 0 amide bonds. The van der Waals surface area contributed by atoms with E-state index in [-0.39, 0.29) is 18.8 Å². The Bertz CT molecular complexity index is 838. The van der Waals surface area contributed by atoms with Crippen LogP contribution in [0.25, 0.3) is 0 Å². The number of hydrogen-bond acceptors (Lipinski definition) is 9. The van der Waals surface area contributed by atoms with Crippen LogP contribution in [0.15, 0.2) is 44.4 Å². The summed E-state index contributed by atoms with van der Waals surface area (Å²) in [5.41, 5.74) is -0.0517. The van der Waals surface area contributed by atoms with Crippen LogP contribution >= 0.6 is 23.5 Å². The number of esters is 2. The first kappa shape index (κ1) is 23.7. The van der Waals surface area contributed by atoms with Crippen LogP contribution in [0.2, 0.25) is 0 Å². The Kier molecular flexibility index (Phi) is 9.64. The number of carbonyl (C=O) groups is 2. The summed E-state index contributed by atoms with van der Waals surface area (Å²) in [6.45, 7) is 8.44. The second kappa shape index (κ2) is 12.2. The summed E-state index contributed by atoms with van der Waals surface area (Å²) in [5.74, 6) is 0.196. The molecule has 0 saturated carbocycles. The fraction of sp³-hybridized carbons (Fsp3) is 0.381. The standard InChI is InChI=1S/C21H23NO6S2/c1-4-17(23)27-11-7-8-12-28-20(24)14(13-22)21-29-18-15(25-5-2)9-10-16(26-6-3)19(18)30-21/h4,9-10H,1,5-8,11-12H2,2-3H3. The zero-order valence-corrected chi connectivity index (χ0v) is 18.5. The largest absolute Gasteiger partial charge is 0.493 e. The number of unbranched alkanes of at least 4 members (excludes halogenated alkanes) is 1. The number of ether oxygens (including phenoxy) is 4. The molecule has 9 heteroatoms. The van der Waals surface area contributed by atoms with Gasteiger partial charge in [0.1, 0.15) is 17.6 Å². The molecule has 160 valence electrons. The molecule has 0 unspecified atom stereocenters. The maximum Gasteiger partial charge on any atom is 0.350 e. The highest BCUT2D eigenvalue weighted by atomic mass is 32.2. The molecule has 0 aromatic heterocycles. The summed E-state index contributed by atoms with van der Waals surface area (Å²) in [4.78, 5) is 25.0. The van der Waals surface area contributed by atoms with E-state index in [1.54, 1.807) is 0 Å². The zero-order valence-electron chi connectivity index (χ0n) is 16.9. The Morgan fingerprint density at radius 2 is 1.57 bits per heavy atom. The quantitative estimate of drug-likeness (QED) is 0.210. The molecule has 1 aliphatic heterocycles. The number of hydrogen-bond donors (Lipinski definition) is 0. The lowest BCUT2D eigenvalue weighted by molar-refractivity contribution is -0.140. The SMILES string of the molecule is C=CC(=O)OCCCCOC(=O)C(C#N)=C1Sc2c(OCC)ccc(OCC)c2S1. The minimum absolute atomic E-state index is 0.0517. The maximum absolute atomic E-state index is 12.4. The van der Waals surface area contributed by atoms with Gasteiger partial charge in [-0.1, -0.05) is 30.1 Å². The van der Waals surface area contributed by atoms with Crippen LogP contribution in [0.3, 0.4) is 0 Å². The van der Waals surface area contributed by atoms with Crippen molar-refractivity contribution in [2.24, 2.45) is 0 Å². The first-order valence-corrected chi connectivity index (χ1v) is 11.1. The highest BCUT2D eigenvalue weighted by molar-refractivity contribution is 8.24. The highest BCUT2D eigenvalue weighted by Gasteiger charge is 2.30.